The topological polar surface area (TPSA) is 46.1 Å². The molecule has 0 radical (unpaired) electrons. The normalized spacial score (nSPS) is 10.6. The van der Waals surface area contributed by atoms with Crippen molar-refractivity contribution in [2.75, 3.05) is 17.7 Å². The van der Waals surface area contributed by atoms with E-state index in [4.69, 9.17) is 0 Å². The number of aryl methyl sites for hydroxylation is 2. The third kappa shape index (κ3) is 4.32. The van der Waals surface area contributed by atoms with E-state index in [0.717, 1.165) is 27.8 Å². The number of thioether (sulfide) groups is 1. The summed E-state index contributed by atoms with van der Waals surface area (Å²) in [6.07, 6.45) is 3.11. The predicted molar refractivity (Wildman–Crippen MR) is 96.1 cm³/mol. The summed E-state index contributed by atoms with van der Waals surface area (Å²) in [7, 11) is 0. The van der Waals surface area contributed by atoms with Crippen molar-refractivity contribution in [1.29, 1.82) is 0 Å². The van der Waals surface area contributed by atoms with Crippen molar-refractivity contribution >= 4 is 23.4 Å². The highest BCUT2D eigenvalue weighted by molar-refractivity contribution is 7.98. The minimum absolute atomic E-state index is 0.131. The van der Waals surface area contributed by atoms with Crippen LogP contribution in [0.3, 0.4) is 0 Å². The van der Waals surface area contributed by atoms with E-state index in [0.29, 0.717) is 19.4 Å². The van der Waals surface area contributed by atoms with Crippen LogP contribution in [0.5, 0.6) is 0 Å². The third-order valence-corrected chi connectivity index (χ3v) is 4.40. The van der Waals surface area contributed by atoms with Gasteiger partial charge in [0.1, 0.15) is 0 Å². The molecule has 0 aliphatic carbocycles. The molecule has 0 fully saturated rings. The minimum Gasteiger partial charge on any atom is -0.313 e. The Morgan fingerprint density at radius 1 is 1.13 bits per heavy atom. The summed E-state index contributed by atoms with van der Waals surface area (Å²) in [6, 6.07) is 9.80. The van der Waals surface area contributed by atoms with Gasteiger partial charge in [0.15, 0.2) is 5.16 Å². The lowest BCUT2D eigenvalue weighted by Gasteiger charge is -2.21. The van der Waals surface area contributed by atoms with Gasteiger partial charge in [0, 0.05) is 30.0 Å². The number of benzene rings is 1. The maximum absolute atomic E-state index is 12.6. The Labute approximate surface area is 142 Å². The second kappa shape index (κ2) is 8.11. The van der Waals surface area contributed by atoms with Crippen LogP contribution in [-0.2, 0) is 11.2 Å². The molecule has 1 heterocycles. The molecule has 0 spiro atoms. The minimum atomic E-state index is 0.131. The first-order valence-corrected chi connectivity index (χ1v) is 9.02. The molecule has 2 rings (SSSR count). The monoisotopic (exact) mass is 329 g/mol. The van der Waals surface area contributed by atoms with Gasteiger partial charge in [-0.15, -0.1) is 0 Å². The Morgan fingerprint density at radius 3 is 2.26 bits per heavy atom. The number of carbonyl (C=O) groups is 1. The van der Waals surface area contributed by atoms with Gasteiger partial charge in [0.05, 0.1) is 0 Å². The third-order valence-electron chi connectivity index (χ3n) is 3.86. The van der Waals surface area contributed by atoms with Gasteiger partial charge in [-0.05, 0) is 51.1 Å². The highest BCUT2D eigenvalue weighted by atomic mass is 32.2. The van der Waals surface area contributed by atoms with E-state index in [1.165, 1.54) is 11.8 Å². The standard InChI is InChI=1S/C18H23N3OS/c1-5-21(15-9-7-6-8-10-15)17(22)12-11-16-13(2)19-18(23-4)20-14(16)3/h6-10H,5,11-12H2,1-4H3. The van der Waals surface area contributed by atoms with Crippen LogP contribution >= 0.6 is 11.8 Å². The molecule has 122 valence electrons. The molecular formula is C18H23N3OS. The van der Waals surface area contributed by atoms with E-state index < -0.39 is 0 Å². The van der Waals surface area contributed by atoms with Crippen molar-refractivity contribution in [3.63, 3.8) is 0 Å². The lowest BCUT2D eigenvalue weighted by molar-refractivity contribution is -0.118. The van der Waals surface area contributed by atoms with Gasteiger partial charge < -0.3 is 4.90 Å². The second-order valence-corrected chi connectivity index (χ2v) is 6.11. The van der Waals surface area contributed by atoms with Gasteiger partial charge in [0.2, 0.25) is 5.91 Å². The molecule has 1 aromatic heterocycles. The van der Waals surface area contributed by atoms with Gasteiger partial charge in [-0.3, -0.25) is 4.79 Å². The summed E-state index contributed by atoms with van der Waals surface area (Å²) < 4.78 is 0. The second-order valence-electron chi connectivity index (χ2n) is 5.33. The Morgan fingerprint density at radius 2 is 1.74 bits per heavy atom. The first-order valence-electron chi connectivity index (χ1n) is 7.80. The van der Waals surface area contributed by atoms with Crippen molar-refractivity contribution in [1.82, 2.24) is 9.97 Å². The van der Waals surface area contributed by atoms with Crippen LogP contribution in [0.25, 0.3) is 0 Å². The van der Waals surface area contributed by atoms with E-state index in [1.807, 2.05) is 62.3 Å². The lowest BCUT2D eigenvalue weighted by atomic mass is 10.1. The zero-order valence-electron chi connectivity index (χ0n) is 14.2. The molecule has 2 aromatic rings. The summed E-state index contributed by atoms with van der Waals surface area (Å²) in [6.45, 7) is 6.65. The van der Waals surface area contributed by atoms with E-state index in [9.17, 15) is 4.79 Å². The Hall–Kier alpha value is -1.88. The zero-order valence-corrected chi connectivity index (χ0v) is 15.0. The fraction of sp³-hybridized carbons (Fsp3) is 0.389. The molecule has 0 N–H and O–H groups in total. The number of rotatable bonds is 6. The van der Waals surface area contributed by atoms with Crippen LogP contribution < -0.4 is 4.90 Å². The van der Waals surface area contributed by atoms with Crippen molar-refractivity contribution in [3.05, 3.63) is 47.3 Å². The van der Waals surface area contributed by atoms with Gasteiger partial charge in [0.25, 0.3) is 0 Å². The molecular weight excluding hydrogens is 306 g/mol. The average molecular weight is 329 g/mol. The van der Waals surface area contributed by atoms with E-state index in [2.05, 4.69) is 9.97 Å². The Balaban J connectivity index is 2.10. The fourth-order valence-electron chi connectivity index (χ4n) is 2.64. The number of hydrogen-bond acceptors (Lipinski definition) is 4. The molecule has 0 atom stereocenters. The SMILES string of the molecule is CCN(C(=O)CCc1c(C)nc(SC)nc1C)c1ccccc1. The largest absolute Gasteiger partial charge is 0.313 e. The van der Waals surface area contributed by atoms with Crippen LogP contribution in [0.1, 0.15) is 30.3 Å². The van der Waals surface area contributed by atoms with Crippen molar-refractivity contribution < 1.29 is 4.79 Å². The van der Waals surface area contributed by atoms with E-state index in [-0.39, 0.29) is 5.91 Å². The van der Waals surface area contributed by atoms with Crippen LogP contribution in [0.2, 0.25) is 0 Å². The summed E-state index contributed by atoms with van der Waals surface area (Å²) >= 11 is 1.54. The van der Waals surface area contributed by atoms with Crippen LogP contribution in [0, 0.1) is 13.8 Å². The number of hydrogen-bond donors (Lipinski definition) is 0. The highest BCUT2D eigenvalue weighted by Crippen LogP contribution is 2.19. The summed E-state index contributed by atoms with van der Waals surface area (Å²) in [5.74, 6) is 0.131. The summed E-state index contributed by atoms with van der Waals surface area (Å²) in [4.78, 5) is 23.4. The Kier molecular flexibility index (Phi) is 6.16. The smallest absolute Gasteiger partial charge is 0.227 e. The van der Waals surface area contributed by atoms with Gasteiger partial charge >= 0.3 is 0 Å². The molecule has 0 unspecified atom stereocenters. The highest BCUT2D eigenvalue weighted by Gasteiger charge is 2.15. The zero-order chi connectivity index (χ0) is 16.8. The number of anilines is 1. The molecule has 1 aromatic carbocycles. The number of aromatic nitrogens is 2. The number of nitrogens with zero attached hydrogens (tertiary/aromatic N) is 3. The van der Waals surface area contributed by atoms with Crippen molar-refractivity contribution in [3.8, 4) is 0 Å². The van der Waals surface area contributed by atoms with E-state index >= 15 is 0 Å². The van der Waals surface area contributed by atoms with E-state index in [1.54, 1.807) is 0 Å². The molecule has 0 saturated carbocycles. The van der Waals surface area contributed by atoms with Gasteiger partial charge in [-0.2, -0.15) is 0 Å². The molecule has 4 nitrogen and oxygen atoms in total. The quantitative estimate of drug-likeness (QED) is 0.597. The van der Waals surface area contributed by atoms with Gasteiger partial charge in [-0.25, -0.2) is 9.97 Å². The van der Waals surface area contributed by atoms with Gasteiger partial charge in [-0.1, -0.05) is 30.0 Å². The summed E-state index contributed by atoms with van der Waals surface area (Å²) in [5.41, 5.74) is 3.97. The lowest BCUT2D eigenvalue weighted by Crippen LogP contribution is -2.30. The van der Waals surface area contributed by atoms with Crippen molar-refractivity contribution in [2.45, 2.75) is 38.8 Å². The van der Waals surface area contributed by atoms with Crippen LogP contribution in [-0.4, -0.2) is 28.7 Å². The predicted octanol–water partition coefficient (Wildman–Crippen LogP) is 3.80. The summed E-state index contributed by atoms with van der Waals surface area (Å²) in [5, 5.41) is 0.787. The molecule has 0 saturated heterocycles. The van der Waals surface area contributed by atoms with Crippen LogP contribution in [0.4, 0.5) is 5.69 Å². The molecule has 0 aliphatic heterocycles. The Bertz CT molecular complexity index is 650. The first-order chi connectivity index (χ1) is 11.1. The maximum Gasteiger partial charge on any atom is 0.227 e. The first kappa shape index (κ1) is 17.5. The molecule has 0 aliphatic rings. The van der Waals surface area contributed by atoms with Crippen LogP contribution in [0.15, 0.2) is 35.5 Å². The maximum atomic E-state index is 12.6. The average Bonchev–Trinajstić information content (AvgIpc) is 2.55. The number of para-hydroxylation sites is 1. The fourth-order valence-corrected chi connectivity index (χ4v) is 3.10. The number of amides is 1. The molecule has 23 heavy (non-hydrogen) atoms. The molecule has 5 heteroatoms. The molecule has 0 bridgehead atoms. The molecule has 1 amide bonds. The van der Waals surface area contributed by atoms with Crippen molar-refractivity contribution in [2.24, 2.45) is 0 Å². The number of carbonyl (C=O) groups excluding carboxylic acids is 1.